The minimum Gasteiger partial charge on any atom is -0.494 e. The van der Waals surface area contributed by atoms with E-state index in [1.807, 2.05) is 68.4 Å². The molecule has 2 rings (SSSR count). The van der Waals surface area contributed by atoms with Crippen molar-refractivity contribution in [3.8, 4) is 5.75 Å². The Hall–Kier alpha value is -2.34. The average molecular weight is 374 g/mol. The number of nitrogens with one attached hydrogen (secondary N) is 2. The van der Waals surface area contributed by atoms with E-state index in [1.165, 1.54) is 0 Å². The van der Waals surface area contributed by atoms with Crippen LogP contribution in [0.3, 0.4) is 0 Å². The number of guanidine groups is 1. The van der Waals surface area contributed by atoms with Crippen LogP contribution in [0.5, 0.6) is 5.75 Å². The Morgan fingerprint density at radius 2 is 1.77 bits per heavy atom. The molecule has 1 unspecified atom stereocenters. The van der Waals surface area contributed by atoms with Crippen molar-refractivity contribution in [3.63, 3.8) is 0 Å². The first-order valence-corrected chi connectivity index (χ1v) is 10.2. The third-order valence-corrected chi connectivity index (χ3v) is 4.98. The van der Waals surface area contributed by atoms with Crippen LogP contribution in [-0.2, 0) is 17.3 Å². The van der Waals surface area contributed by atoms with Crippen LogP contribution in [0.4, 0.5) is 0 Å². The minimum atomic E-state index is -1.02. The molecule has 2 aromatic rings. The third-order valence-electron chi connectivity index (χ3n) is 3.61. The van der Waals surface area contributed by atoms with Crippen molar-refractivity contribution >= 4 is 16.8 Å². The molecule has 0 aliphatic carbocycles. The molecule has 26 heavy (non-hydrogen) atoms. The highest BCUT2D eigenvalue weighted by molar-refractivity contribution is 7.85. The lowest BCUT2D eigenvalue weighted by atomic mass is 10.2. The lowest BCUT2D eigenvalue weighted by Gasteiger charge is -2.12. The maximum atomic E-state index is 12.3. The third kappa shape index (κ3) is 6.52. The Kier molecular flexibility index (Phi) is 8.69. The van der Waals surface area contributed by atoms with Crippen LogP contribution < -0.4 is 15.4 Å². The Morgan fingerprint density at radius 3 is 2.50 bits per heavy atom. The van der Waals surface area contributed by atoms with Crippen molar-refractivity contribution in [3.05, 3.63) is 60.2 Å². The van der Waals surface area contributed by atoms with Gasteiger partial charge in [-0.3, -0.25) is 4.21 Å². The summed E-state index contributed by atoms with van der Waals surface area (Å²) in [5.41, 5.74) is 1.04. The van der Waals surface area contributed by atoms with Gasteiger partial charge in [-0.05, 0) is 32.0 Å². The predicted molar refractivity (Wildman–Crippen MR) is 108 cm³/mol. The second kappa shape index (κ2) is 11.3. The molecule has 0 aromatic heterocycles. The lowest BCUT2D eigenvalue weighted by Crippen LogP contribution is -2.39. The van der Waals surface area contributed by atoms with E-state index >= 15 is 0 Å². The van der Waals surface area contributed by atoms with Crippen LogP contribution in [0.25, 0.3) is 0 Å². The zero-order valence-electron chi connectivity index (χ0n) is 15.4. The van der Waals surface area contributed by atoms with Crippen molar-refractivity contribution < 1.29 is 8.95 Å². The van der Waals surface area contributed by atoms with Gasteiger partial charge in [-0.15, -0.1) is 0 Å². The predicted octanol–water partition coefficient (Wildman–Crippen LogP) is 2.95. The Balaban J connectivity index is 1.91. The quantitative estimate of drug-likeness (QED) is 0.524. The molecule has 0 bridgehead atoms. The number of nitrogens with zero attached hydrogens (tertiary/aromatic N) is 1. The highest BCUT2D eigenvalue weighted by atomic mass is 32.2. The van der Waals surface area contributed by atoms with Crippen LogP contribution in [0.1, 0.15) is 19.4 Å². The van der Waals surface area contributed by atoms with Gasteiger partial charge in [0, 0.05) is 29.3 Å². The lowest BCUT2D eigenvalue weighted by molar-refractivity contribution is 0.336. The van der Waals surface area contributed by atoms with Gasteiger partial charge in [-0.2, -0.15) is 0 Å². The van der Waals surface area contributed by atoms with Gasteiger partial charge in [0.1, 0.15) is 5.75 Å². The van der Waals surface area contributed by atoms with Crippen molar-refractivity contribution in [1.29, 1.82) is 0 Å². The molecule has 5 nitrogen and oxygen atoms in total. The second-order valence-corrected chi connectivity index (χ2v) is 7.10. The van der Waals surface area contributed by atoms with Gasteiger partial charge >= 0.3 is 0 Å². The molecule has 0 spiro atoms. The molecular formula is C20H27N3O2S. The zero-order valence-corrected chi connectivity index (χ0v) is 16.2. The van der Waals surface area contributed by atoms with Gasteiger partial charge < -0.3 is 15.4 Å². The standard InChI is InChI=1S/C20H27N3O2S/c1-3-21-20(22-14-15-26(24)18-11-6-5-7-12-18)23-16-17-10-8-9-13-19(17)25-4-2/h5-13H,3-4,14-16H2,1-2H3,(H2,21,22,23). The van der Waals surface area contributed by atoms with Crippen LogP contribution in [-0.4, -0.2) is 35.6 Å². The van der Waals surface area contributed by atoms with Crippen molar-refractivity contribution in [1.82, 2.24) is 10.6 Å². The monoisotopic (exact) mass is 373 g/mol. The van der Waals surface area contributed by atoms with Gasteiger partial charge in [-0.25, -0.2) is 4.99 Å². The summed E-state index contributed by atoms with van der Waals surface area (Å²) < 4.78 is 17.9. The summed E-state index contributed by atoms with van der Waals surface area (Å²) in [4.78, 5) is 5.46. The van der Waals surface area contributed by atoms with Crippen LogP contribution in [0.2, 0.25) is 0 Å². The molecule has 0 fully saturated rings. The highest BCUT2D eigenvalue weighted by Gasteiger charge is 2.05. The van der Waals surface area contributed by atoms with Gasteiger partial charge in [-0.1, -0.05) is 36.4 Å². The van der Waals surface area contributed by atoms with E-state index in [4.69, 9.17) is 4.74 Å². The van der Waals surface area contributed by atoms with Gasteiger partial charge in [0.2, 0.25) is 0 Å². The molecular weight excluding hydrogens is 346 g/mol. The summed E-state index contributed by atoms with van der Waals surface area (Å²) in [5, 5.41) is 6.47. The van der Waals surface area contributed by atoms with E-state index in [1.54, 1.807) is 0 Å². The summed E-state index contributed by atoms with van der Waals surface area (Å²) >= 11 is 0. The number of hydrogen-bond donors (Lipinski definition) is 2. The van der Waals surface area contributed by atoms with Crippen LogP contribution in [0.15, 0.2) is 64.5 Å². The number of para-hydroxylation sites is 1. The van der Waals surface area contributed by atoms with E-state index in [9.17, 15) is 4.21 Å². The molecule has 0 radical (unpaired) electrons. The number of benzene rings is 2. The van der Waals surface area contributed by atoms with Crippen LogP contribution in [0, 0.1) is 0 Å². The molecule has 2 aromatic carbocycles. The summed E-state index contributed by atoms with van der Waals surface area (Å²) in [7, 11) is -1.02. The maximum Gasteiger partial charge on any atom is 0.191 e. The van der Waals surface area contributed by atoms with Crippen molar-refractivity contribution in [2.45, 2.75) is 25.3 Å². The molecule has 2 N–H and O–H groups in total. The summed E-state index contributed by atoms with van der Waals surface area (Å²) in [6.45, 7) is 6.49. The van der Waals surface area contributed by atoms with Crippen molar-refractivity contribution in [2.24, 2.45) is 4.99 Å². The number of aliphatic imine (C=N–C) groups is 1. The first kappa shape index (κ1) is 20.0. The van der Waals surface area contributed by atoms with Gasteiger partial charge in [0.05, 0.1) is 24.0 Å². The molecule has 140 valence electrons. The van der Waals surface area contributed by atoms with Gasteiger partial charge in [0.25, 0.3) is 0 Å². The first-order chi connectivity index (χ1) is 12.7. The Bertz CT molecular complexity index is 720. The number of hydrogen-bond acceptors (Lipinski definition) is 3. The first-order valence-electron chi connectivity index (χ1n) is 8.91. The van der Waals surface area contributed by atoms with Crippen molar-refractivity contribution in [2.75, 3.05) is 25.4 Å². The molecule has 6 heteroatoms. The Labute approximate surface area is 158 Å². The number of rotatable bonds is 9. The van der Waals surface area contributed by atoms with E-state index < -0.39 is 10.8 Å². The molecule has 0 amide bonds. The van der Waals surface area contributed by atoms with E-state index in [0.29, 0.717) is 31.4 Å². The van der Waals surface area contributed by atoms with E-state index in [2.05, 4.69) is 15.6 Å². The molecule has 0 saturated carbocycles. The highest BCUT2D eigenvalue weighted by Crippen LogP contribution is 2.18. The fourth-order valence-electron chi connectivity index (χ4n) is 2.39. The fourth-order valence-corrected chi connectivity index (χ4v) is 3.37. The molecule has 0 aliphatic heterocycles. The topological polar surface area (TPSA) is 62.7 Å². The molecule has 0 aliphatic rings. The Morgan fingerprint density at radius 1 is 1.04 bits per heavy atom. The maximum absolute atomic E-state index is 12.3. The minimum absolute atomic E-state index is 0.521. The smallest absolute Gasteiger partial charge is 0.191 e. The largest absolute Gasteiger partial charge is 0.494 e. The molecule has 0 heterocycles. The zero-order chi connectivity index (χ0) is 18.6. The van der Waals surface area contributed by atoms with Gasteiger partial charge in [0.15, 0.2) is 5.96 Å². The SMILES string of the molecule is CCNC(=NCc1ccccc1OCC)NCCS(=O)c1ccccc1. The van der Waals surface area contributed by atoms with Crippen LogP contribution >= 0.6 is 0 Å². The average Bonchev–Trinajstić information content (AvgIpc) is 2.68. The molecule has 1 atom stereocenters. The fraction of sp³-hybridized carbons (Fsp3) is 0.350. The number of ether oxygens (including phenoxy) is 1. The normalized spacial score (nSPS) is 12.5. The van der Waals surface area contributed by atoms with E-state index in [-0.39, 0.29) is 0 Å². The summed E-state index contributed by atoms with van der Waals surface area (Å²) in [6, 6.07) is 17.4. The molecule has 0 saturated heterocycles. The second-order valence-electron chi connectivity index (χ2n) is 5.53. The summed E-state index contributed by atoms with van der Waals surface area (Å²) in [6.07, 6.45) is 0. The van der Waals surface area contributed by atoms with E-state index in [0.717, 1.165) is 22.8 Å². The summed E-state index contributed by atoms with van der Waals surface area (Å²) in [5.74, 6) is 2.10.